The van der Waals surface area contributed by atoms with Gasteiger partial charge in [-0.25, -0.2) is 0 Å². The van der Waals surface area contributed by atoms with Crippen molar-refractivity contribution in [2.45, 2.75) is 54.6 Å². The Bertz CT molecular complexity index is 303. The number of carboxylic acid groups (broad SMARTS) is 1. The molecule has 0 heterocycles. The highest BCUT2D eigenvalue weighted by atomic mass is 16.4. The van der Waals surface area contributed by atoms with Gasteiger partial charge in [0.15, 0.2) is 0 Å². The third-order valence-corrected chi connectivity index (χ3v) is 3.48. The summed E-state index contributed by atoms with van der Waals surface area (Å²) in [5.41, 5.74) is 0. The van der Waals surface area contributed by atoms with Crippen molar-refractivity contribution in [3.8, 4) is 0 Å². The quantitative estimate of drug-likeness (QED) is 0.412. The Balaban J connectivity index is 0. The third kappa shape index (κ3) is 8.22. The summed E-state index contributed by atoms with van der Waals surface area (Å²) in [6.07, 6.45) is -1.34. The number of aliphatic hydroxyl groups is 1. The Morgan fingerprint density at radius 3 is 1.36 bits per heavy atom. The largest absolute Gasteiger partial charge is 0.547 e. The van der Waals surface area contributed by atoms with Crippen molar-refractivity contribution in [2.24, 2.45) is 0 Å². The van der Waals surface area contributed by atoms with E-state index in [9.17, 15) is 9.90 Å². The number of carboxylic acids is 1. The van der Waals surface area contributed by atoms with Crippen LogP contribution in [-0.4, -0.2) is 76.8 Å². The van der Waals surface area contributed by atoms with E-state index in [1.54, 1.807) is 0 Å². The summed E-state index contributed by atoms with van der Waals surface area (Å²) in [6, 6.07) is 0. The van der Waals surface area contributed by atoms with E-state index < -0.39 is 12.1 Å². The molecule has 0 aliphatic heterocycles. The van der Waals surface area contributed by atoms with Gasteiger partial charge in [-0.05, 0) is 48.5 Å². The SMILES string of the molecule is CC(O)C(=O)[O-].CCN(CC)C(N(CC)CC)=[N+](CC)CC. The van der Waals surface area contributed by atoms with E-state index in [-0.39, 0.29) is 0 Å². The van der Waals surface area contributed by atoms with Crippen molar-refractivity contribution >= 4 is 11.9 Å². The molecule has 22 heavy (non-hydrogen) atoms. The summed E-state index contributed by atoms with van der Waals surface area (Å²) in [5, 5.41) is 17.3. The molecule has 0 saturated carbocycles. The van der Waals surface area contributed by atoms with Crippen molar-refractivity contribution in [1.29, 1.82) is 0 Å². The van der Waals surface area contributed by atoms with Crippen molar-refractivity contribution in [2.75, 3.05) is 39.3 Å². The summed E-state index contributed by atoms with van der Waals surface area (Å²) < 4.78 is 2.46. The molecule has 0 saturated heterocycles. The van der Waals surface area contributed by atoms with Gasteiger partial charge in [-0.2, -0.15) is 0 Å². The summed E-state index contributed by atoms with van der Waals surface area (Å²) >= 11 is 0. The first-order valence-corrected chi connectivity index (χ1v) is 8.34. The zero-order valence-corrected chi connectivity index (χ0v) is 15.4. The van der Waals surface area contributed by atoms with Crippen molar-refractivity contribution in [1.82, 2.24) is 9.80 Å². The predicted molar refractivity (Wildman–Crippen MR) is 88.9 cm³/mol. The molecule has 0 aliphatic rings. The number of hydrogen-bond donors (Lipinski definition) is 1. The first-order valence-electron chi connectivity index (χ1n) is 8.34. The van der Waals surface area contributed by atoms with E-state index in [0.29, 0.717) is 0 Å². The molecule has 0 aromatic heterocycles. The number of aliphatic carboxylic acids is 1. The van der Waals surface area contributed by atoms with Crippen molar-refractivity contribution in [3.63, 3.8) is 0 Å². The van der Waals surface area contributed by atoms with E-state index >= 15 is 0 Å². The normalized spacial score (nSPS) is 11.1. The van der Waals surface area contributed by atoms with Crippen LogP contribution in [0, 0.1) is 0 Å². The van der Waals surface area contributed by atoms with Gasteiger partial charge < -0.3 is 15.0 Å². The second-order valence-corrected chi connectivity index (χ2v) is 4.81. The second kappa shape index (κ2) is 13.4. The van der Waals surface area contributed by atoms with Gasteiger partial charge in [0.2, 0.25) is 0 Å². The molecule has 0 aromatic rings. The molecular weight excluding hydrogens is 282 g/mol. The summed E-state index contributed by atoms with van der Waals surface area (Å²) in [7, 11) is 0. The summed E-state index contributed by atoms with van der Waals surface area (Å²) in [4.78, 5) is 14.3. The van der Waals surface area contributed by atoms with Crippen LogP contribution in [0.3, 0.4) is 0 Å². The number of guanidine groups is 1. The van der Waals surface area contributed by atoms with Gasteiger partial charge in [0.05, 0.1) is 51.3 Å². The molecule has 0 aromatic carbocycles. The predicted octanol–water partition coefficient (Wildman–Crippen LogP) is 0.195. The fourth-order valence-electron chi connectivity index (χ4n) is 2.12. The standard InChI is InChI=1S/C13H30N3.C3H6O3/c1-7-14(8-2)13(15(9-3)10-4)16(11-5)12-6;1-2(4)3(5)6/h7-12H2,1-6H3;2,4H,1H3,(H,5,6)/q+1;/p-1. The highest BCUT2D eigenvalue weighted by Crippen LogP contribution is 2.00. The Morgan fingerprint density at radius 2 is 1.23 bits per heavy atom. The maximum atomic E-state index is 9.34. The van der Waals surface area contributed by atoms with Gasteiger partial charge in [0.1, 0.15) is 0 Å². The molecule has 0 amide bonds. The molecule has 132 valence electrons. The number of nitrogens with zero attached hydrogens (tertiary/aromatic N) is 3. The van der Waals surface area contributed by atoms with E-state index in [0.717, 1.165) is 46.2 Å². The van der Waals surface area contributed by atoms with Crippen LogP contribution in [0.5, 0.6) is 0 Å². The maximum absolute atomic E-state index is 9.34. The van der Waals surface area contributed by atoms with E-state index in [1.165, 1.54) is 5.96 Å². The lowest BCUT2D eigenvalue weighted by Gasteiger charge is -2.27. The van der Waals surface area contributed by atoms with Crippen LogP contribution >= 0.6 is 0 Å². The van der Waals surface area contributed by atoms with Gasteiger partial charge in [-0.15, -0.1) is 0 Å². The lowest BCUT2D eigenvalue weighted by molar-refractivity contribution is -0.531. The topological polar surface area (TPSA) is 69.9 Å². The Morgan fingerprint density at radius 1 is 0.955 bits per heavy atom. The van der Waals surface area contributed by atoms with Crippen LogP contribution in [0.25, 0.3) is 0 Å². The average molecular weight is 317 g/mol. The molecule has 0 spiro atoms. The van der Waals surface area contributed by atoms with E-state index in [1.807, 2.05) is 0 Å². The average Bonchev–Trinajstić information content (AvgIpc) is 2.50. The Labute approximate surface area is 136 Å². The number of hydrogen-bond acceptors (Lipinski definition) is 3. The molecule has 0 fully saturated rings. The van der Waals surface area contributed by atoms with Gasteiger partial charge >= 0.3 is 5.96 Å². The fourth-order valence-corrected chi connectivity index (χ4v) is 2.12. The molecule has 0 aliphatic carbocycles. The van der Waals surface area contributed by atoms with E-state index in [4.69, 9.17) is 5.11 Å². The monoisotopic (exact) mass is 317 g/mol. The van der Waals surface area contributed by atoms with Gasteiger partial charge in [0.25, 0.3) is 0 Å². The molecular formula is C16H35N3O3. The Kier molecular flexibility index (Phi) is 14.0. The maximum Gasteiger partial charge on any atom is 0.350 e. The number of carbonyl (C=O) groups excluding carboxylic acids is 1. The summed E-state index contributed by atoms with van der Waals surface area (Å²) in [5.74, 6) is -0.0324. The highest BCUT2D eigenvalue weighted by Gasteiger charge is 2.24. The van der Waals surface area contributed by atoms with Crippen LogP contribution in [0.4, 0.5) is 0 Å². The molecule has 6 nitrogen and oxygen atoms in total. The van der Waals surface area contributed by atoms with Crippen LogP contribution in [0.1, 0.15) is 48.5 Å². The van der Waals surface area contributed by atoms with Crippen LogP contribution in [0.15, 0.2) is 0 Å². The molecule has 1 unspecified atom stereocenters. The van der Waals surface area contributed by atoms with E-state index in [2.05, 4.69) is 55.9 Å². The number of aliphatic hydroxyl groups excluding tert-OH is 1. The number of carbonyl (C=O) groups is 1. The first kappa shape index (κ1) is 23.0. The van der Waals surface area contributed by atoms with Crippen LogP contribution in [0.2, 0.25) is 0 Å². The molecule has 0 rings (SSSR count). The number of rotatable bonds is 7. The lowest BCUT2D eigenvalue weighted by Crippen LogP contribution is -2.49. The molecule has 6 heteroatoms. The van der Waals surface area contributed by atoms with Gasteiger partial charge in [0, 0.05) is 0 Å². The zero-order valence-electron chi connectivity index (χ0n) is 15.4. The lowest BCUT2D eigenvalue weighted by atomic mass is 10.4. The summed E-state index contributed by atoms with van der Waals surface area (Å²) in [6.45, 7) is 21.0. The first-order chi connectivity index (χ1) is 10.3. The molecule has 1 atom stereocenters. The second-order valence-electron chi connectivity index (χ2n) is 4.81. The minimum Gasteiger partial charge on any atom is -0.547 e. The highest BCUT2D eigenvalue weighted by molar-refractivity contribution is 5.75. The van der Waals surface area contributed by atoms with Crippen molar-refractivity contribution in [3.05, 3.63) is 0 Å². The molecule has 1 N–H and O–H groups in total. The fraction of sp³-hybridized carbons (Fsp3) is 0.875. The molecule has 0 radical (unpaired) electrons. The third-order valence-electron chi connectivity index (χ3n) is 3.48. The Hall–Kier alpha value is -1.30. The van der Waals surface area contributed by atoms with Crippen LogP contribution < -0.4 is 5.11 Å². The minimum absolute atomic E-state index is 1.08. The zero-order chi connectivity index (χ0) is 17.7. The van der Waals surface area contributed by atoms with Gasteiger partial charge in [-0.3, -0.25) is 14.4 Å². The van der Waals surface area contributed by atoms with Crippen LogP contribution in [-0.2, 0) is 4.79 Å². The minimum atomic E-state index is -1.44. The van der Waals surface area contributed by atoms with Gasteiger partial charge in [-0.1, -0.05) is 0 Å². The smallest absolute Gasteiger partial charge is 0.350 e. The van der Waals surface area contributed by atoms with Crippen molar-refractivity contribution < 1.29 is 19.6 Å². The molecule has 0 bridgehead atoms.